The van der Waals surface area contributed by atoms with Gasteiger partial charge in [-0.05, 0) is 31.6 Å². The monoisotopic (exact) mass is 342 g/mol. The molecule has 0 radical (unpaired) electrons. The molecule has 7 heteroatoms. The molecule has 7 nitrogen and oxygen atoms in total. The zero-order valence-electron chi connectivity index (χ0n) is 14.8. The van der Waals surface area contributed by atoms with Crippen molar-refractivity contribution in [2.24, 2.45) is 17.8 Å². The molecule has 0 bridgehead atoms. The summed E-state index contributed by atoms with van der Waals surface area (Å²) in [6.07, 6.45) is 11.5. The van der Waals surface area contributed by atoms with Gasteiger partial charge in [0.2, 0.25) is 5.91 Å². The van der Waals surface area contributed by atoms with Crippen molar-refractivity contribution in [3.05, 3.63) is 30.9 Å². The van der Waals surface area contributed by atoms with Gasteiger partial charge in [0, 0.05) is 43.9 Å². The van der Waals surface area contributed by atoms with Crippen molar-refractivity contribution in [2.75, 3.05) is 6.54 Å². The molecule has 1 saturated carbocycles. The Morgan fingerprint density at radius 2 is 2.08 bits per heavy atom. The molecule has 0 saturated heterocycles. The molecule has 25 heavy (non-hydrogen) atoms. The predicted octanol–water partition coefficient (Wildman–Crippen LogP) is 1.96. The number of carbonyl (C=O) groups is 1. The first-order valence-corrected chi connectivity index (χ1v) is 9.30. The van der Waals surface area contributed by atoms with Crippen LogP contribution in [0.1, 0.15) is 38.4 Å². The summed E-state index contributed by atoms with van der Waals surface area (Å²) in [6.45, 7) is 5.29. The number of imidazole rings is 1. The highest BCUT2D eigenvalue weighted by Crippen LogP contribution is 2.30. The lowest BCUT2D eigenvalue weighted by Crippen LogP contribution is -2.40. The van der Waals surface area contributed by atoms with Gasteiger partial charge in [0.25, 0.3) is 0 Å². The summed E-state index contributed by atoms with van der Waals surface area (Å²) < 4.78 is 4.04. The average molecular weight is 342 g/mol. The fourth-order valence-corrected chi connectivity index (χ4v) is 4.18. The molecular formula is C18H26N6O. The molecule has 134 valence electrons. The fraction of sp³-hybridized carbons (Fsp3) is 0.667. The van der Waals surface area contributed by atoms with E-state index in [1.54, 1.807) is 12.7 Å². The molecule has 1 aliphatic heterocycles. The van der Waals surface area contributed by atoms with Crippen molar-refractivity contribution in [2.45, 2.75) is 52.2 Å². The molecule has 2 aromatic rings. The van der Waals surface area contributed by atoms with Gasteiger partial charge in [-0.1, -0.05) is 6.92 Å². The largest absolute Gasteiger partial charge is 0.335 e. The molecule has 0 spiro atoms. The smallest absolute Gasteiger partial charge is 0.226 e. The minimum atomic E-state index is 0.185. The van der Waals surface area contributed by atoms with Gasteiger partial charge in [-0.25, -0.2) is 9.97 Å². The molecule has 3 heterocycles. The summed E-state index contributed by atoms with van der Waals surface area (Å²) in [5.41, 5.74) is 0. The van der Waals surface area contributed by atoms with Crippen LogP contribution in [0.5, 0.6) is 0 Å². The SMILES string of the molecule is CC1CCC(C(=O)N2Cc3nccn3CC(Cn3cncn3)C2)CC1. The number of nitrogens with zero attached hydrogens (tertiary/aromatic N) is 6. The molecule has 1 aliphatic carbocycles. The summed E-state index contributed by atoms with van der Waals surface area (Å²) >= 11 is 0. The van der Waals surface area contributed by atoms with Crippen LogP contribution in [-0.4, -0.2) is 41.7 Å². The minimum absolute atomic E-state index is 0.185. The van der Waals surface area contributed by atoms with E-state index in [9.17, 15) is 4.79 Å². The number of rotatable bonds is 3. The number of hydrogen-bond donors (Lipinski definition) is 0. The lowest BCUT2D eigenvalue weighted by Gasteiger charge is -2.31. The van der Waals surface area contributed by atoms with Crippen LogP contribution >= 0.6 is 0 Å². The van der Waals surface area contributed by atoms with E-state index in [0.717, 1.165) is 44.2 Å². The van der Waals surface area contributed by atoms with Crippen molar-refractivity contribution >= 4 is 5.91 Å². The second kappa shape index (κ2) is 6.98. The van der Waals surface area contributed by atoms with Gasteiger partial charge in [0.15, 0.2) is 0 Å². The van der Waals surface area contributed by atoms with Crippen molar-refractivity contribution in [3.63, 3.8) is 0 Å². The van der Waals surface area contributed by atoms with Gasteiger partial charge in [-0.3, -0.25) is 9.48 Å². The van der Waals surface area contributed by atoms with Crippen LogP contribution in [0, 0.1) is 17.8 Å². The van der Waals surface area contributed by atoms with Crippen molar-refractivity contribution in [1.82, 2.24) is 29.2 Å². The van der Waals surface area contributed by atoms with E-state index in [1.165, 1.54) is 12.8 Å². The van der Waals surface area contributed by atoms with Crippen LogP contribution in [0.25, 0.3) is 0 Å². The first kappa shape index (κ1) is 16.3. The average Bonchev–Trinajstić information content (AvgIpc) is 3.24. The quantitative estimate of drug-likeness (QED) is 0.855. The highest BCUT2D eigenvalue weighted by atomic mass is 16.2. The molecule has 2 aromatic heterocycles. The number of carbonyl (C=O) groups excluding carboxylic acids is 1. The second-order valence-corrected chi connectivity index (χ2v) is 7.65. The van der Waals surface area contributed by atoms with Gasteiger partial charge in [0.05, 0.1) is 6.54 Å². The molecule has 1 fully saturated rings. The number of aromatic nitrogens is 5. The maximum atomic E-state index is 13.1. The van der Waals surface area contributed by atoms with Crippen LogP contribution in [0.2, 0.25) is 0 Å². The second-order valence-electron chi connectivity index (χ2n) is 7.65. The zero-order chi connectivity index (χ0) is 17.2. The Balaban J connectivity index is 1.51. The lowest BCUT2D eigenvalue weighted by molar-refractivity contribution is -0.138. The van der Waals surface area contributed by atoms with E-state index in [0.29, 0.717) is 18.4 Å². The van der Waals surface area contributed by atoms with E-state index < -0.39 is 0 Å². The lowest BCUT2D eigenvalue weighted by atomic mass is 9.82. The summed E-state index contributed by atoms with van der Waals surface area (Å²) in [5, 5.41) is 4.23. The molecule has 0 N–H and O–H groups in total. The van der Waals surface area contributed by atoms with Gasteiger partial charge in [-0.15, -0.1) is 0 Å². The predicted molar refractivity (Wildman–Crippen MR) is 92.3 cm³/mol. The Kier molecular flexibility index (Phi) is 4.55. The maximum absolute atomic E-state index is 13.1. The van der Waals surface area contributed by atoms with Crippen LogP contribution in [-0.2, 0) is 24.4 Å². The summed E-state index contributed by atoms with van der Waals surface area (Å²) in [6, 6.07) is 0. The van der Waals surface area contributed by atoms with Crippen LogP contribution in [0.15, 0.2) is 25.0 Å². The molecule has 0 aromatic carbocycles. The molecule has 1 atom stereocenters. The molecule has 1 amide bonds. The molecular weight excluding hydrogens is 316 g/mol. The van der Waals surface area contributed by atoms with Gasteiger partial charge in [-0.2, -0.15) is 5.10 Å². The number of amides is 1. The third kappa shape index (κ3) is 3.60. The zero-order valence-corrected chi connectivity index (χ0v) is 14.8. The topological polar surface area (TPSA) is 68.8 Å². The first-order valence-electron chi connectivity index (χ1n) is 9.30. The highest BCUT2D eigenvalue weighted by molar-refractivity contribution is 5.79. The van der Waals surface area contributed by atoms with E-state index in [2.05, 4.69) is 26.6 Å². The summed E-state index contributed by atoms with van der Waals surface area (Å²) in [4.78, 5) is 23.7. The van der Waals surface area contributed by atoms with Gasteiger partial charge >= 0.3 is 0 Å². The Labute approximate surface area is 148 Å². The Morgan fingerprint density at radius 1 is 1.24 bits per heavy atom. The summed E-state index contributed by atoms with van der Waals surface area (Å²) in [7, 11) is 0. The first-order chi connectivity index (χ1) is 12.2. The minimum Gasteiger partial charge on any atom is -0.335 e. The van der Waals surface area contributed by atoms with Gasteiger partial charge in [0.1, 0.15) is 18.5 Å². The van der Waals surface area contributed by atoms with Crippen molar-refractivity contribution < 1.29 is 4.79 Å². The van der Waals surface area contributed by atoms with E-state index >= 15 is 0 Å². The molecule has 1 unspecified atom stereocenters. The number of hydrogen-bond acceptors (Lipinski definition) is 4. The Hall–Kier alpha value is -2.18. The van der Waals surface area contributed by atoms with Crippen LogP contribution < -0.4 is 0 Å². The van der Waals surface area contributed by atoms with Crippen LogP contribution in [0.3, 0.4) is 0 Å². The maximum Gasteiger partial charge on any atom is 0.226 e. The fourth-order valence-electron chi connectivity index (χ4n) is 4.18. The Morgan fingerprint density at radius 3 is 2.84 bits per heavy atom. The van der Waals surface area contributed by atoms with Crippen molar-refractivity contribution in [1.29, 1.82) is 0 Å². The normalized spacial score (nSPS) is 26.9. The molecule has 4 rings (SSSR count). The summed E-state index contributed by atoms with van der Waals surface area (Å²) in [5.74, 6) is 2.55. The van der Waals surface area contributed by atoms with E-state index in [1.807, 2.05) is 22.0 Å². The van der Waals surface area contributed by atoms with Gasteiger partial charge < -0.3 is 9.47 Å². The standard InChI is InChI=1S/C18H26N6O/c1-14-2-4-16(5-3-14)18(25)23-9-15(10-24-13-19-12-21-24)8-22-7-6-20-17(22)11-23/h6-7,12-16H,2-5,8-11H2,1H3. The van der Waals surface area contributed by atoms with Crippen molar-refractivity contribution in [3.8, 4) is 0 Å². The highest BCUT2D eigenvalue weighted by Gasteiger charge is 2.32. The molecule has 2 aliphatic rings. The Bertz CT molecular complexity index is 701. The number of fused-ring (bicyclic) bond motifs is 1. The van der Waals surface area contributed by atoms with E-state index in [-0.39, 0.29) is 5.92 Å². The third-order valence-electron chi connectivity index (χ3n) is 5.66. The van der Waals surface area contributed by atoms with Crippen LogP contribution in [0.4, 0.5) is 0 Å². The van der Waals surface area contributed by atoms with E-state index in [4.69, 9.17) is 0 Å². The third-order valence-corrected chi connectivity index (χ3v) is 5.66.